The molecule has 1 aromatic heterocycles. The molecule has 102 valence electrons. The average molecular weight is 383 g/mol. The molecule has 0 radical (unpaired) electrons. The number of rotatable bonds is 4. The molecule has 1 heterocycles. The number of anilines is 1. The molecule has 8 heteroatoms. The van der Waals surface area contributed by atoms with E-state index in [9.17, 15) is 8.42 Å². The smallest absolute Gasteiger partial charge is 0.263 e. The number of sulfonamides is 1. The van der Waals surface area contributed by atoms with E-state index < -0.39 is 10.0 Å². The maximum atomic E-state index is 12.2. The lowest BCUT2D eigenvalue weighted by atomic mass is 10.3. The molecular formula is C11H9BrClNO3S2. The van der Waals surface area contributed by atoms with E-state index in [1.54, 1.807) is 23.6 Å². The number of hydrogen-bond donors (Lipinski definition) is 2. The Morgan fingerprint density at radius 3 is 2.79 bits per heavy atom. The normalized spacial score (nSPS) is 11.5. The number of nitrogens with one attached hydrogen (secondary N) is 1. The zero-order valence-electron chi connectivity index (χ0n) is 9.43. The summed E-state index contributed by atoms with van der Waals surface area (Å²) in [6.45, 7) is -0.315. The van der Waals surface area contributed by atoms with Gasteiger partial charge in [-0.2, -0.15) is 0 Å². The van der Waals surface area contributed by atoms with Crippen LogP contribution in [0, 0.1) is 0 Å². The summed E-state index contributed by atoms with van der Waals surface area (Å²) in [5.74, 6) is 0. The fourth-order valence-electron chi connectivity index (χ4n) is 1.47. The number of aliphatic hydroxyl groups is 1. The minimum absolute atomic E-state index is 0.0758. The second kappa shape index (κ2) is 5.80. The molecule has 0 aliphatic heterocycles. The van der Waals surface area contributed by atoms with Gasteiger partial charge in [0, 0.05) is 0 Å². The van der Waals surface area contributed by atoms with Crippen LogP contribution >= 0.6 is 38.9 Å². The van der Waals surface area contributed by atoms with E-state index in [0.717, 1.165) is 0 Å². The Bertz CT molecular complexity index is 700. The van der Waals surface area contributed by atoms with Crippen molar-refractivity contribution >= 4 is 54.6 Å². The third-order valence-corrected chi connectivity index (χ3v) is 6.22. The van der Waals surface area contributed by atoms with Crippen molar-refractivity contribution in [3.63, 3.8) is 0 Å². The molecule has 1 aromatic carbocycles. The fraction of sp³-hybridized carbons (Fsp3) is 0.0909. The Morgan fingerprint density at radius 1 is 1.37 bits per heavy atom. The number of halogens is 2. The third kappa shape index (κ3) is 3.11. The van der Waals surface area contributed by atoms with Crippen molar-refractivity contribution in [2.75, 3.05) is 4.72 Å². The zero-order valence-corrected chi connectivity index (χ0v) is 13.4. The summed E-state index contributed by atoms with van der Waals surface area (Å²) in [4.78, 5) is 0.470. The lowest BCUT2D eigenvalue weighted by Crippen LogP contribution is -2.14. The minimum Gasteiger partial charge on any atom is -0.391 e. The summed E-state index contributed by atoms with van der Waals surface area (Å²) in [6.07, 6.45) is 0. The van der Waals surface area contributed by atoms with E-state index >= 15 is 0 Å². The molecule has 0 saturated carbocycles. The molecule has 0 saturated heterocycles. The van der Waals surface area contributed by atoms with Gasteiger partial charge in [0.15, 0.2) is 0 Å². The van der Waals surface area contributed by atoms with E-state index in [2.05, 4.69) is 20.7 Å². The van der Waals surface area contributed by atoms with Gasteiger partial charge in [0.25, 0.3) is 10.0 Å². The molecule has 0 atom stereocenters. The SMILES string of the molecule is O=S(=O)(Nc1cccc(Cl)c1Br)c1ccsc1CO. The Morgan fingerprint density at radius 2 is 2.11 bits per heavy atom. The Balaban J connectivity index is 2.40. The van der Waals surface area contributed by atoms with Crippen LogP contribution in [-0.4, -0.2) is 13.5 Å². The van der Waals surface area contributed by atoms with Gasteiger partial charge in [-0.1, -0.05) is 17.7 Å². The largest absolute Gasteiger partial charge is 0.391 e. The predicted octanol–water partition coefficient (Wildman–Crippen LogP) is 3.46. The molecule has 0 amide bonds. The van der Waals surface area contributed by atoms with Crippen molar-refractivity contribution in [3.8, 4) is 0 Å². The van der Waals surface area contributed by atoms with Crippen LogP contribution in [0.25, 0.3) is 0 Å². The maximum absolute atomic E-state index is 12.2. The molecule has 2 aromatic rings. The second-order valence-corrected chi connectivity index (χ2v) is 7.42. The van der Waals surface area contributed by atoms with Crippen molar-refractivity contribution in [3.05, 3.63) is 44.0 Å². The van der Waals surface area contributed by atoms with Crippen LogP contribution in [0.4, 0.5) is 5.69 Å². The van der Waals surface area contributed by atoms with Crippen LogP contribution in [-0.2, 0) is 16.6 Å². The molecule has 2 N–H and O–H groups in total. The molecule has 0 aliphatic carbocycles. The number of thiophene rings is 1. The van der Waals surface area contributed by atoms with Crippen molar-refractivity contribution in [2.24, 2.45) is 0 Å². The highest BCUT2D eigenvalue weighted by Crippen LogP contribution is 2.32. The van der Waals surface area contributed by atoms with Gasteiger partial charge in [-0.3, -0.25) is 4.72 Å². The fourth-order valence-corrected chi connectivity index (χ4v) is 4.50. The summed E-state index contributed by atoms with van der Waals surface area (Å²) in [5, 5.41) is 11.2. The Labute approximate surface area is 128 Å². The van der Waals surface area contributed by atoms with Gasteiger partial charge in [0.05, 0.1) is 26.7 Å². The molecule has 4 nitrogen and oxygen atoms in total. The van der Waals surface area contributed by atoms with Gasteiger partial charge in [0.2, 0.25) is 0 Å². The average Bonchev–Trinajstić information content (AvgIpc) is 2.84. The highest BCUT2D eigenvalue weighted by atomic mass is 79.9. The van der Waals surface area contributed by atoms with Gasteiger partial charge in [-0.15, -0.1) is 11.3 Å². The van der Waals surface area contributed by atoms with Gasteiger partial charge < -0.3 is 5.11 Å². The topological polar surface area (TPSA) is 66.4 Å². The molecule has 0 bridgehead atoms. The number of hydrogen-bond acceptors (Lipinski definition) is 4. The van der Waals surface area contributed by atoms with Crippen LogP contribution in [0.15, 0.2) is 39.0 Å². The first-order chi connectivity index (χ1) is 8.95. The zero-order chi connectivity index (χ0) is 14.0. The van der Waals surface area contributed by atoms with Crippen molar-refractivity contribution in [2.45, 2.75) is 11.5 Å². The summed E-state index contributed by atoms with van der Waals surface area (Å²) >= 11 is 10.3. The lowest BCUT2D eigenvalue weighted by Gasteiger charge is -2.10. The summed E-state index contributed by atoms with van der Waals surface area (Å²) in [5.41, 5.74) is 0.350. The van der Waals surface area contributed by atoms with Gasteiger partial charge in [-0.05, 0) is 39.5 Å². The quantitative estimate of drug-likeness (QED) is 0.851. The molecule has 0 unspecified atom stereocenters. The predicted molar refractivity (Wildman–Crippen MR) is 80.2 cm³/mol. The first-order valence-corrected chi connectivity index (χ1v) is 8.63. The summed E-state index contributed by atoms with van der Waals surface area (Å²) in [6, 6.07) is 6.34. The van der Waals surface area contributed by atoms with Crippen molar-refractivity contribution in [1.29, 1.82) is 0 Å². The number of benzene rings is 1. The van der Waals surface area contributed by atoms with Gasteiger partial charge >= 0.3 is 0 Å². The molecule has 0 spiro atoms. The number of aliphatic hydroxyl groups excluding tert-OH is 1. The van der Waals surface area contributed by atoms with Crippen LogP contribution in [0.2, 0.25) is 5.02 Å². The minimum atomic E-state index is -3.74. The van der Waals surface area contributed by atoms with E-state index in [1.165, 1.54) is 17.4 Å². The Kier molecular flexibility index (Phi) is 4.52. The monoisotopic (exact) mass is 381 g/mol. The van der Waals surface area contributed by atoms with Crippen LogP contribution in [0.3, 0.4) is 0 Å². The standard InChI is InChI=1S/C11H9BrClNO3S2/c12-11-7(13)2-1-3-8(11)14-19(16,17)10-4-5-18-9(10)6-15/h1-5,14-15H,6H2. The lowest BCUT2D eigenvalue weighted by molar-refractivity contribution is 0.282. The van der Waals surface area contributed by atoms with E-state index in [0.29, 0.717) is 20.1 Å². The second-order valence-electron chi connectivity index (χ2n) is 3.57. The first kappa shape index (κ1) is 14.8. The molecule has 0 fully saturated rings. The molecule has 2 rings (SSSR count). The maximum Gasteiger partial charge on any atom is 0.263 e. The van der Waals surface area contributed by atoms with E-state index in [1.807, 2.05) is 0 Å². The van der Waals surface area contributed by atoms with E-state index in [4.69, 9.17) is 16.7 Å². The summed E-state index contributed by atoms with van der Waals surface area (Å²) in [7, 11) is -3.74. The molecule has 0 aliphatic rings. The van der Waals surface area contributed by atoms with Gasteiger partial charge in [0.1, 0.15) is 4.90 Å². The van der Waals surface area contributed by atoms with Crippen molar-refractivity contribution < 1.29 is 13.5 Å². The van der Waals surface area contributed by atoms with E-state index in [-0.39, 0.29) is 11.5 Å². The molecule has 19 heavy (non-hydrogen) atoms. The van der Waals surface area contributed by atoms with Crippen LogP contribution in [0.1, 0.15) is 4.88 Å². The third-order valence-electron chi connectivity index (χ3n) is 2.33. The Hall–Kier alpha value is -0.600. The first-order valence-electron chi connectivity index (χ1n) is 5.10. The van der Waals surface area contributed by atoms with Gasteiger partial charge in [-0.25, -0.2) is 8.42 Å². The summed E-state index contributed by atoms with van der Waals surface area (Å²) < 4.78 is 27.4. The molecular weight excluding hydrogens is 374 g/mol. The highest BCUT2D eigenvalue weighted by Gasteiger charge is 2.20. The highest BCUT2D eigenvalue weighted by molar-refractivity contribution is 9.10. The van der Waals surface area contributed by atoms with Crippen LogP contribution in [0.5, 0.6) is 0 Å². The van der Waals surface area contributed by atoms with Crippen molar-refractivity contribution in [1.82, 2.24) is 0 Å². The van der Waals surface area contributed by atoms with Crippen LogP contribution < -0.4 is 4.72 Å².